The molecule has 0 aliphatic heterocycles. The van der Waals surface area contributed by atoms with Crippen molar-refractivity contribution in [3.63, 3.8) is 0 Å². The summed E-state index contributed by atoms with van der Waals surface area (Å²) in [6.45, 7) is 8.89. The van der Waals surface area contributed by atoms with Gasteiger partial charge >= 0.3 is 0 Å². The third-order valence-corrected chi connectivity index (χ3v) is 9.87. The summed E-state index contributed by atoms with van der Waals surface area (Å²) in [6, 6.07) is 49.7. The van der Waals surface area contributed by atoms with Crippen molar-refractivity contribution in [1.29, 1.82) is 0 Å². The fourth-order valence-corrected chi connectivity index (χ4v) is 6.77. The number of hydrogen-bond donors (Lipinski definition) is 0. The molecule has 0 amide bonds. The molecule has 0 bridgehead atoms. The van der Waals surface area contributed by atoms with E-state index < -0.39 is 0 Å². The fraction of sp³-hybridized carbons (Fsp3) is 0.320. The maximum Gasteiger partial charge on any atom is 0.0000681 e. The first-order chi connectivity index (χ1) is 27.6. The quantitative estimate of drug-likeness (QED) is 0.110. The maximum atomic E-state index is 4.99. The van der Waals surface area contributed by atoms with E-state index in [-0.39, 0.29) is 38.8 Å². The Bertz CT molecular complexity index is 1640. The van der Waals surface area contributed by atoms with Crippen LogP contribution in [0.3, 0.4) is 0 Å². The first kappa shape index (κ1) is 45.6. The van der Waals surface area contributed by atoms with E-state index in [0.717, 1.165) is 24.2 Å². The van der Waals surface area contributed by atoms with Gasteiger partial charge in [-0.25, -0.2) is 0 Å². The molecule has 2 aliphatic rings. The SMILES string of the molecule is [CH2-]c1ccccc1.[CH2-]c1ccccc1.[Zr].c1ccc(C[N-]C([N-]C2CCCCC2)n2cccc2)cc1.c1ccc(C[N-]C([N-]C2CCCCC2)n2cccc2)cc1. The Hall–Kier alpha value is -4.10. The zero-order chi connectivity index (χ0) is 38.9. The molecule has 0 spiro atoms. The Labute approximate surface area is 363 Å². The molecule has 2 aliphatic carbocycles. The molecule has 2 atom stereocenters. The van der Waals surface area contributed by atoms with Crippen LogP contribution in [-0.2, 0) is 39.3 Å². The van der Waals surface area contributed by atoms with Crippen LogP contribution in [0.5, 0.6) is 0 Å². The number of rotatable bonds is 12. The molecule has 2 fully saturated rings. The molecule has 4 aromatic carbocycles. The Morgan fingerprint density at radius 3 is 1.00 bits per heavy atom. The second kappa shape index (κ2) is 27.5. The minimum Gasteiger partial charge on any atom is -0.658 e. The van der Waals surface area contributed by atoms with Crippen molar-refractivity contribution in [3.8, 4) is 0 Å². The largest absolute Gasteiger partial charge is 0.658 e. The van der Waals surface area contributed by atoms with Gasteiger partial charge in [-0.1, -0.05) is 148 Å². The van der Waals surface area contributed by atoms with Crippen molar-refractivity contribution in [2.75, 3.05) is 0 Å². The molecule has 0 radical (unpaired) electrons. The second-order valence-electron chi connectivity index (χ2n) is 14.5. The standard InChI is InChI=1S/2C18H23N3.2C7H7.Zr/c2*1-3-9-16(10-4-1)15-19-18(21-13-7-8-14-21)20-17-11-5-2-6-12-17;2*1-7-5-3-2-4-6-7;/h2*1,3-4,7-10,13-14,17-18H,2,5-6,11-12,15H2;2*2-6H,1H2;/q2*-2;2*-1;. The smallest absolute Gasteiger partial charge is 0.0000681 e. The number of nitrogens with zero attached hydrogens (tertiary/aromatic N) is 6. The minimum absolute atomic E-state index is 0. The third kappa shape index (κ3) is 18.4. The second-order valence-corrected chi connectivity index (χ2v) is 14.5. The van der Waals surface area contributed by atoms with E-state index in [0.29, 0.717) is 12.1 Å². The molecule has 0 saturated heterocycles. The Morgan fingerprint density at radius 1 is 0.421 bits per heavy atom. The molecule has 2 saturated carbocycles. The van der Waals surface area contributed by atoms with Gasteiger partial charge < -0.3 is 30.4 Å². The predicted octanol–water partition coefficient (Wildman–Crippen LogP) is 14.2. The van der Waals surface area contributed by atoms with Crippen LogP contribution in [0.1, 0.15) is 99.0 Å². The van der Waals surface area contributed by atoms with Gasteiger partial charge in [-0.2, -0.15) is 61.8 Å². The van der Waals surface area contributed by atoms with E-state index in [1.165, 1.54) is 75.3 Å². The summed E-state index contributed by atoms with van der Waals surface area (Å²) in [4.78, 5) is 0. The van der Waals surface area contributed by atoms with Crippen LogP contribution in [0.25, 0.3) is 21.3 Å². The molecule has 7 heteroatoms. The van der Waals surface area contributed by atoms with Crippen LogP contribution in [-0.4, -0.2) is 21.2 Å². The van der Waals surface area contributed by atoms with Crippen LogP contribution in [0, 0.1) is 13.8 Å². The zero-order valence-corrected chi connectivity index (χ0v) is 36.0. The molecule has 8 rings (SSSR count). The van der Waals surface area contributed by atoms with Crippen LogP contribution >= 0.6 is 0 Å². The number of benzene rings is 4. The van der Waals surface area contributed by atoms with Gasteiger partial charge in [-0.15, -0.1) is 49.4 Å². The molecule has 2 aromatic heterocycles. The van der Waals surface area contributed by atoms with Gasteiger partial charge in [0.15, 0.2) is 0 Å². The summed E-state index contributed by atoms with van der Waals surface area (Å²) in [5, 5.41) is 19.6. The summed E-state index contributed by atoms with van der Waals surface area (Å²) >= 11 is 0. The van der Waals surface area contributed by atoms with Gasteiger partial charge in [0.05, 0.1) is 0 Å². The molecule has 6 aromatic rings. The monoisotopic (exact) mass is 834 g/mol. The van der Waals surface area contributed by atoms with Crippen LogP contribution in [0.2, 0.25) is 0 Å². The van der Waals surface area contributed by atoms with E-state index in [2.05, 4.69) is 96.3 Å². The Morgan fingerprint density at radius 2 is 0.719 bits per heavy atom. The third-order valence-electron chi connectivity index (χ3n) is 9.87. The van der Waals surface area contributed by atoms with Crippen molar-refractivity contribution in [1.82, 2.24) is 9.13 Å². The van der Waals surface area contributed by atoms with Crippen LogP contribution in [0.4, 0.5) is 0 Å². The van der Waals surface area contributed by atoms with Crippen LogP contribution < -0.4 is 0 Å². The Balaban J connectivity index is 0.000000187. The van der Waals surface area contributed by atoms with Gasteiger partial charge in [0.25, 0.3) is 0 Å². The average molecular weight is 836 g/mol. The van der Waals surface area contributed by atoms with E-state index in [4.69, 9.17) is 21.3 Å². The normalized spacial score (nSPS) is 15.2. The van der Waals surface area contributed by atoms with E-state index >= 15 is 0 Å². The molecule has 57 heavy (non-hydrogen) atoms. The zero-order valence-electron chi connectivity index (χ0n) is 33.6. The molecule has 2 heterocycles. The summed E-state index contributed by atoms with van der Waals surface area (Å²) in [6.07, 6.45) is 20.9. The summed E-state index contributed by atoms with van der Waals surface area (Å²) < 4.78 is 4.22. The van der Waals surface area contributed by atoms with Gasteiger partial charge in [0.2, 0.25) is 0 Å². The summed E-state index contributed by atoms with van der Waals surface area (Å²) in [7, 11) is 0. The molecular formula is C50H60N6Zr-6. The maximum absolute atomic E-state index is 4.99. The van der Waals surface area contributed by atoms with E-state index in [9.17, 15) is 0 Å². The van der Waals surface area contributed by atoms with Crippen molar-refractivity contribution in [2.24, 2.45) is 0 Å². The van der Waals surface area contributed by atoms with Crippen LogP contribution in [0.15, 0.2) is 170 Å². The van der Waals surface area contributed by atoms with Crippen molar-refractivity contribution < 1.29 is 26.2 Å². The average Bonchev–Trinajstić information content (AvgIpc) is 4.01. The number of aromatic nitrogens is 2. The number of hydrogen-bond acceptors (Lipinski definition) is 0. The Kier molecular flexibility index (Phi) is 22.0. The van der Waals surface area contributed by atoms with E-state index in [1.807, 2.05) is 97.1 Å². The molecule has 300 valence electrons. The molecular weight excluding hydrogens is 776 g/mol. The van der Waals surface area contributed by atoms with Crippen molar-refractivity contribution in [2.45, 2.75) is 102 Å². The molecule has 2 unspecified atom stereocenters. The first-order valence-corrected chi connectivity index (χ1v) is 20.4. The fourth-order valence-electron chi connectivity index (χ4n) is 6.77. The minimum atomic E-state index is -0.0803. The van der Waals surface area contributed by atoms with Crippen molar-refractivity contribution >= 4 is 0 Å². The van der Waals surface area contributed by atoms with Crippen molar-refractivity contribution in [3.05, 3.63) is 228 Å². The van der Waals surface area contributed by atoms with Gasteiger partial charge in [-0.3, -0.25) is 0 Å². The molecule has 0 N–H and O–H groups in total. The van der Waals surface area contributed by atoms with Gasteiger partial charge in [0, 0.05) is 51.0 Å². The molecule has 6 nitrogen and oxygen atoms in total. The van der Waals surface area contributed by atoms with Gasteiger partial charge in [-0.05, 0) is 24.3 Å². The summed E-state index contributed by atoms with van der Waals surface area (Å²) in [5.74, 6) is 0. The van der Waals surface area contributed by atoms with Gasteiger partial charge in [0.1, 0.15) is 0 Å². The predicted molar refractivity (Wildman–Crippen MR) is 236 cm³/mol. The topological polar surface area (TPSA) is 66.3 Å². The first-order valence-electron chi connectivity index (χ1n) is 20.4. The summed E-state index contributed by atoms with van der Waals surface area (Å²) in [5.41, 5.74) is 4.63. The van der Waals surface area contributed by atoms with E-state index in [1.54, 1.807) is 0 Å².